The molecule has 0 saturated carbocycles. The van der Waals surface area contributed by atoms with Crippen molar-refractivity contribution in [1.82, 2.24) is 4.98 Å². The molecule has 1 nitrogen and oxygen atoms in total. The van der Waals surface area contributed by atoms with Crippen LogP contribution in [0.4, 0.5) is 0 Å². The summed E-state index contributed by atoms with van der Waals surface area (Å²) in [4.78, 5) is 3.12. The van der Waals surface area contributed by atoms with Crippen molar-refractivity contribution in [2.45, 2.75) is 11.9 Å². The summed E-state index contributed by atoms with van der Waals surface area (Å²) < 4.78 is 0. The van der Waals surface area contributed by atoms with Crippen LogP contribution in [0, 0.1) is 6.92 Å². The van der Waals surface area contributed by atoms with E-state index in [0.717, 1.165) is 15.7 Å². The minimum absolute atomic E-state index is 0.819. The Balaban J connectivity index is 2.98. The van der Waals surface area contributed by atoms with E-state index in [4.69, 9.17) is 11.6 Å². The van der Waals surface area contributed by atoms with E-state index in [1.54, 1.807) is 11.8 Å². The van der Waals surface area contributed by atoms with Gasteiger partial charge < -0.3 is 4.98 Å². The van der Waals surface area contributed by atoms with Gasteiger partial charge in [0.05, 0.1) is 10.0 Å². The van der Waals surface area contributed by atoms with Gasteiger partial charge in [0.25, 0.3) is 0 Å². The lowest BCUT2D eigenvalue weighted by molar-refractivity contribution is 1.14. The fourth-order valence-electron chi connectivity index (χ4n) is 0.614. The molecule has 9 heavy (non-hydrogen) atoms. The maximum Gasteiger partial charge on any atom is 0.0736 e. The van der Waals surface area contributed by atoms with Gasteiger partial charge in [0.2, 0.25) is 0 Å². The Hall–Kier alpha value is -0.0800. The molecule has 0 amide bonds. The summed E-state index contributed by atoms with van der Waals surface area (Å²) in [5.41, 5.74) is 1.04. The molecule has 1 rings (SSSR count). The molecule has 0 aromatic carbocycles. The maximum absolute atomic E-state index is 5.76. The Morgan fingerprint density at radius 1 is 1.67 bits per heavy atom. The summed E-state index contributed by atoms with van der Waals surface area (Å²) in [7, 11) is 0. The van der Waals surface area contributed by atoms with Gasteiger partial charge in [-0.05, 0) is 19.2 Å². The molecule has 0 spiro atoms. The fourth-order valence-corrected chi connectivity index (χ4v) is 1.33. The topological polar surface area (TPSA) is 15.8 Å². The van der Waals surface area contributed by atoms with Gasteiger partial charge in [-0.3, -0.25) is 0 Å². The molecule has 1 aromatic rings. The van der Waals surface area contributed by atoms with E-state index in [-0.39, 0.29) is 0 Å². The molecule has 50 valence electrons. The third-order valence-corrected chi connectivity index (χ3v) is 2.20. The van der Waals surface area contributed by atoms with Gasteiger partial charge in [0.15, 0.2) is 0 Å². The number of hydrogen-bond acceptors (Lipinski definition) is 1. The van der Waals surface area contributed by atoms with E-state index in [1.165, 1.54) is 0 Å². The zero-order valence-electron chi connectivity index (χ0n) is 5.36. The van der Waals surface area contributed by atoms with Crippen molar-refractivity contribution < 1.29 is 0 Å². The first-order valence-corrected chi connectivity index (χ1v) is 4.23. The monoisotopic (exact) mass is 161 g/mol. The number of aromatic nitrogens is 1. The normalized spacial score (nSPS) is 10.1. The molecular weight excluding hydrogens is 154 g/mol. The molecule has 1 heterocycles. The number of aromatic amines is 1. The molecule has 0 aliphatic rings. The minimum Gasteiger partial charge on any atom is -0.353 e. The highest BCUT2D eigenvalue weighted by Crippen LogP contribution is 2.21. The number of thioether (sulfide) groups is 1. The van der Waals surface area contributed by atoms with Crippen molar-refractivity contribution >= 4 is 23.4 Å². The predicted molar refractivity (Wildman–Crippen MR) is 42.3 cm³/mol. The zero-order chi connectivity index (χ0) is 6.85. The molecule has 0 unspecified atom stereocenters. The van der Waals surface area contributed by atoms with Crippen LogP contribution in [0.25, 0.3) is 0 Å². The number of halogens is 1. The van der Waals surface area contributed by atoms with E-state index in [1.807, 2.05) is 19.2 Å². The van der Waals surface area contributed by atoms with Crippen LogP contribution in [0.2, 0.25) is 5.02 Å². The molecule has 1 N–H and O–H groups in total. The molecule has 0 atom stereocenters. The van der Waals surface area contributed by atoms with Gasteiger partial charge in [-0.15, -0.1) is 11.8 Å². The van der Waals surface area contributed by atoms with E-state index < -0.39 is 0 Å². The molecule has 1 aromatic heterocycles. The molecule has 0 saturated heterocycles. The van der Waals surface area contributed by atoms with Gasteiger partial charge in [0.1, 0.15) is 0 Å². The Labute approximate surface area is 63.8 Å². The quantitative estimate of drug-likeness (QED) is 0.627. The van der Waals surface area contributed by atoms with Gasteiger partial charge in [-0.25, -0.2) is 0 Å². The van der Waals surface area contributed by atoms with Crippen LogP contribution in [0.5, 0.6) is 0 Å². The third-order valence-electron chi connectivity index (χ3n) is 1.15. The SMILES string of the molecule is CSc1cc(Cl)c(C)[nH]1. The number of aryl methyl sites for hydroxylation is 1. The van der Waals surface area contributed by atoms with Crippen molar-refractivity contribution in [1.29, 1.82) is 0 Å². The molecule has 0 aliphatic heterocycles. The maximum atomic E-state index is 5.76. The third kappa shape index (κ3) is 1.43. The standard InChI is InChI=1S/C6H8ClNS/c1-4-5(7)3-6(8-4)9-2/h3,8H,1-2H3. The Morgan fingerprint density at radius 3 is 2.56 bits per heavy atom. The fraction of sp³-hybridized carbons (Fsp3) is 0.333. The molecule has 3 heteroatoms. The largest absolute Gasteiger partial charge is 0.353 e. The van der Waals surface area contributed by atoms with Crippen LogP contribution in [0.3, 0.4) is 0 Å². The van der Waals surface area contributed by atoms with Crippen LogP contribution in [-0.2, 0) is 0 Å². The summed E-state index contributed by atoms with van der Waals surface area (Å²) in [5, 5.41) is 1.94. The Kier molecular flexibility index (Phi) is 2.09. The van der Waals surface area contributed by atoms with Crippen molar-refractivity contribution in [3.63, 3.8) is 0 Å². The molecule has 0 radical (unpaired) electrons. The van der Waals surface area contributed by atoms with Crippen LogP contribution < -0.4 is 0 Å². The summed E-state index contributed by atoms with van der Waals surface area (Å²) >= 11 is 7.43. The van der Waals surface area contributed by atoms with Gasteiger partial charge >= 0.3 is 0 Å². The second kappa shape index (κ2) is 2.67. The number of hydrogen-bond donors (Lipinski definition) is 1. The highest BCUT2D eigenvalue weighted by molar-refractivity contribution is 7.98. The second-order valence-corrected chi connectivity index (χ2v) is 3.07. The van der Waals surface area contributed by atoms with E-state index in [9.17, 15) is 0 Å². The number of nitrogens with one attached hydrogen (secondary N) is 1. The number of rotatable bonds is 1. The summed E-state index contributed by atoms with van der Waals surface area (Å²) in [6, 6.07) is 1.93. The lowest BCUT2D eigenvalue weighted by Crippen LogP contribution is -1.68. The average Bonchev–Trinajstić information content (AvgIpc) is 2.13. The van der Waals surface area contributed by atoms with Crippen LogP contribution in [-0.4, -0.2) is 11.2 Å². The Bertz CT molecular complexity index is 187. The lowest BCUT2D eigenvalue weighted by Gasteiger charge is -1.84. The zero-order valence-corrected chi connectivity index (χ0v) is 6.94. The van der Waals surface area contributed by atoms with E-state index >= 15 is 0 Å². The minimum atomic E-state index is 0.819. The van der Waals surface area contributed by atoms with Gasteiger partial charge in [0, 0.05) is 5.69 Å². The summed E-state index contributed by atoms with van der Waals surface area (Å²) in [6.45, 7) is 1.96. The smallest absolute Gasteiger partial charge is 0.0736 e. The first-order chi connectivity index (χ1) is 4.24. The van der Waals surface area contributed by atoms with Crippen LogP contribution >= 0.6 is 23.4 Å². The van der Waals surface area contributed by atoms with Gasteiger partial charge in [-0.2, -0.15) is 0 Å². The lowest BCUT2D eigenvalue weighted by atomic mass is 10.5. The van der Waals surface area contributed by atoms with Crippen molar-refractivity contribution in [2.75, 3.05) is 6.26 Å². The van der Waals surface area contributed by atoms with E-state index in [0.29, 0.717) is 0 Å². The highest BCUT2D eigenvalue weighted by Gasteiger charge is 1.98. The first kappa shape index (κ1) is 7.03. The molecule has 0 fully saturated rings. The second-order valence-electron chi connectivity index (χ2n) is 1.81. The van der Waals surface area contributed by atoms with Crippen LogP contribution in [0.15, 0.2) is 11.1 Å². The van der Waals surface area contributed by atoms with Gasteiger partial charge in [-0.1, -0.05) is 11.6 Å². The number of H-pyrrole nitrogens is 1. The average molecular weight is 162 g/mol. The predicted octanol–water partition coefficient (Wildman–Crippen LogP) is 2.70. The molecular formula is C6H8ClNS. The summed E-state index contributed by atoms with van der Waals surface area (Å²) in [5.74, 6) is 0. The first-order valence-electron chi connectivity index (χ1n) is 2.63. The summed E-state index contributed by atoms with van der Waals surface area (Å²) in [6.07, 6.45) is 2.02. The van der Waals surface area contributed by atoms with Crippen molar-refractivity contribution in [3.8, 4) is 0 Å². The van der Waals surface area contributed by atoms with Crippen molar-refractivity contribution in [2.24, 2.45) is 0 Å². The van der Waals surface area contributed by atoms with E-state index in [2.05, 4.69) is 4.98 Å². The molecule has 0 aliphatic carbocycles. The highest BCUT2D eigenvalue weighted by atomic mass is 35.5. The Morgan fingerprint density at radius 2 is 2.33 bits per heavy atom. The van der Waals surface area contributed by atoms with Crippen LogP contribution in [0.1, 0.15) is 5.69 Å². The molecule has 0 bridgehead atoms. The van der Waals surface area contributed by atoms with Crippen molar-refractivity contribution in [3.05, 3.63) is 16.8 Å².